The lowest BCUT2D eigenvalue weighted by molar-refractivity contribution is -0.315. The van der Waals surface area contributed by atoms with Gasteiger partial charge in [-0.2, -0.15) is 0 Å². The van der Waals surface area contributed by atoms with E-state index in [1.165, 1.54) is 0 Å². The van der Waals surface area contributed by atoms with Crippen LogP contribution in [0.25, 0.3) is 0 Å². The first-order valence-electron chi connectivity index (χ1n) is 2.48. The lowest BCUT2D eigenvalue weighted by Crippen LogP contribution is -2.41. The fourth-order valence-corrected chi connectivity index (χ4v) is 0.382. The minimum Gasteiger partial charge on any atom is -0.480 e. The van der Waals surface area contributed by atoms with E-state index in [0.29, 0.717) is 0 Å². The van der Waals surface area contributed by atoms with Gasteiger partial charge in [-0.25, -0.2) is 0 Å². The molecule has 0 aliphatic carbocycles. The van der Waals surface area contributed by atoms with Gasteiger partial charge in [0.25, 0.3) is 5.97 Å². The van der Waals surface area contributed by atoms with E-state index in [2.05, 4.69) is 0 Å². The van der Waals surface area contributed by atoms with E-state index in [4.69, 9.17) is 26.2 Å². The van der Waals surface area contributed by atoms with Gasteiger partial charge in [0.15, 0.2) is 0 Å². The molecular formula is C4H9NO5. The number of aliphatic hydroxyl groups is 3. The predicted molar refractivity (Wildman–Crippen MR) is 29.6 cm³/mol. The fourth-order valence-electron chi connectivity index (χ4n) is 0.382. The Morgan fingerprint density at radius 3 is 2.00 bits per heavy atom. The van der Waals surface area contributed by atoms with Crippen LogP contribution in [0.15, 0.2) is 0 Å². The van der Waals surface area contributed by atoms with Crippen molar-refractivity contribution in [1.82, 2.24) is 0 Å². The number of hydrogen-bond donors (Lipinski definition) is 5. The molecule has 1 unspecified atom stereocenters. The highest BCUT2D eigenvalue weighted by molar-refractivity contribution is 5.73. The van der Waals surface area contributed by atoms with Gasteiger partial charge in [-0.3, -0.25) is 4.79 Å². The van der Waals surface area contributed by atoms with Crippen LogP contribution in [0, 0.1) is 0 Å². The van der Waals surface area contributed by atoms with Gasteiger partial charge in [0.05, 0.1) is 6.42 Å². The highest BCUT2D eigenvalue weighted by atomic mass is 16.7. The van der Waals surface area contributed by atoms with Crippen LogP contribution in [-0.4, -0.2) is 38.4 Å². The summed E-state index contributed by atoms with van der Waals surface area (Å²) in [5.74, 6) is -4.40. The highest BCUT2D eigenvalue weighted by Gasteiger charge is 2.26. The molecule has 0 aliphatic heterocycles. The Labute approximate surface area is 56.5 Å². The molecule has 6 nitrogen and oxygen atoms in total. The Balaban J connectivity index is 3.80. The van der Waals surface area contributed by atoms with Crippen LogP contribution in [0.1, 0.15) is 6.42 Å². The van der Waals surface area contributed by atoms with E-state index in [1.54, 1.807) is 0 Å². The zero-order valence-corrected chi connectivity index (χ0v) is 5.06. The summed E-state index contributed by atoms with van der Waals surface area (Å²) in [6.07, 6.45) is -0.817. The van der Waals surface area contributed by atoms with Gasteiger partial charge < -0.3 is 26.2 Å². The SMILES string of the molecule is NC(CC(O)(O)O)C(=O)O. The average molecular weight is 151 g/mol. The van der Waals surface area contributed by atoms with Crippen LogP contribution in [0.2, 0.25) is 0 Å². The molecule has 6 N–H and O–H groups in total. The Kier molecular flexibility index (Phi) is 2.73. The molecule has 0 saturated heterocycles. The molecule has 0 aromatic carbocycles. The summed E-state index contributed by atoms with van der Waals surface area (Å²) in [6.45, 7) is 0. The molecule has 0 aromatic heterocycles. The Morgan fingerprint density at radius 2 is 1.90 bits per heavy atom. The minimum absolute atomic E-state index is 0.817. The average Bonchev–Trinajstić information content (AvgIpc) is 1.60. The van der Waals surface area contributed by atoms with E-state index in [9.17, 15) is 4.79 Å². The third-order valence-corrected chi connectivity index (χ3v) is 0.811. The summed E-state index contributed by atoms with van der Waals surface area (Å²) in [4.78, 5) is 9.92. The maximum Gasteiger partial charge on any atom is 0.320 e. The van der Waals surface area contributed by atoms with Crippen LogP contribution < -0.4 is 5.73 Å². The van der Waals surface area contributed by atoms with Crippen molar-refractivity contribution in [3.8, 4) is 0 Å². The standard InChI is InChI=1S/C4H9NO5/c5-2(3(6)7)1-4(8,9)10/h2,8-10H,1,5H2,(H,6,7). The molecule has 0 aliphatic rings. The van der Waals surface area contributed by atoms with E-state index < -0.39 is 24.4 Å². The first kappa shape index (κ1) is 9.31. The number of carboxylic acid groups (broad SMARTS) is 1. The van der Waals surface area contributed by atoms with Crippen molar-refractivity contribution in [2.75, 3.05) is 0 Å². The van der Waals surface area contributed by atoms with E-state index in [0.717, 1.165) is 0 Å². The number of carbonyl (C=O) groups is 1. The molecule has 0 bridgehead atoms. The molecule has 0 fully saturated rings. The molecule has 0 aromatic rings. The third-order valence-electron chi connectivity index (χ3n) is 0.811. The largest absolute Gasteiger partial charge is 0.480 e. The summed E-state index contributed by atoms with van der Waals surface area (Å²) in [5.41, 5.74) is 4.82. The number of rotatable bonds is 3. The zero-order chi connectivity index (χ0) is 8.36. The molecule has 0 spiro atoms. The topological polar surface area (TPSA) is 124 Å². The predicted octanol–water partition coefficient (Wildman–Crippen LogP) is -2.58. The maximum absolute atomic E-state index is 9.92. The Hall–Kier alpha value is -0.690. The summed E-state index contributed by atoms with van der Waals surface area (Å²) in [6, 6.07) is -1.47. The molecule has 10 heavy (non-hydrogen) atoms. The van der Waals surface area contributed by atoms with Gasteiger partial charge in [0.1, 0.15) is 6.04 Å². The molecule has 0 amide bonds. The van der Waals surface area contributed by atoms with Crippen molar-refractivity contribution in [2.24, 2.45) is 5.73 Å². The second-order valence-electron chi connectivity index (χ2n) is 1.92. The fraction of sp³-hybridized carbons (Fsp3) is 0.750. The van der Waals surface area contributed by atoms with E-state index in [1.807, 2.05) is 0 Å². The lowest BCUT2D eigenvalue weighted by Gasteiger charge is -2.15. The first-order chi connectivity index (χ1) is 4.33. The van der Waals surface area contributed by atoms with Crippen molar-refractivity contribution in [3.63, 3.8) is 0 Å². The van der Waals surface area contributed by atoms with Gasteiger partial charge in [-0.1, -0.05) is 0 Å². The normalized spacial score (nSPS) is 14.8. The number of aliphatic carboxylic acids is 1. The van der Waals surface area contributed by atoms with Gasteiger partial charge in [-0.05, 0) is 0 Å². The third kappa shape index (κ3) is 4.21. The summed E-state index contributed by atoms with van der Waals surface area (Å²) >= 11 is 0. The summed E-state index contributed by atoms with van der Waals surface area (Å²) in [5, 5.41) is 32.7. The molecule has 6 heteroatoms. The van der Waals surface area contributed by atoms with Crippen LogP contribution in [-0.2, 0) is 4.79 Å². The highest BCUT2D eigenvalue weighted by Crippen LogP contribution is 2.02. The van der Waals surface area contributed by atoms with Gasteiger partial charge in [0, 0.05) is 0 Å². The van der Waals surface area contributed by atoms with Crippen LogP contribution in [0.4, 0.5) is 0 Å². The molecule has 1 atom stereocenters. The van der Waals surface area contributed by atoms with Crippen LogP contribution in [0.3, 0.4) is 0 Å². The quantitative estimate of drug-likeness (QED) is 0.282. The minimum atomic E-state index is -3.00. The molecule has 60 valence electrons. The monoisotopic (exact) mass is 151 g/mol. The number of carboxylic acids is 1. The van der Waals surface area contributed by atoms with Crippen molar-refractivity contribution in [2.45, 2.75) is 18.4 Å². The van der Waals surface area contributed by atoms with Crippen molar-refractivity contribution in [3.05, 3.63) is 0 Å². The second-order valence-corrected chi connectivity index (χ2v) is 1.92. The van der Waals surface area contributed by atoms with E-state index >= 15 is 0 Å². The number of hydrogen-bond acceptors (Lipinski definition) is 5. The summed E-state index contributed by atoms with van der Waals surface area (Å²) < 4.78 is 0. The van der Waals surface area contributed by atoms with Crippen molar-refractivity contribution in [1.29, 1.82) is 0 Å². The first-order valence-corrected chi connectivity index (χ1v) is 2.48. The molecular weight excluding hydrogens is 142 g/mol. The summed E-state index contributed by atoms with van der Waals surface area (Å²) in [7, 11) is 0. The molecule has 0 saturated carbocycles. The Bertz CT molecular complexity index is 128. The molecule has 0 rings (SSSR count). The zero-order valence-electron chi connectivity index (χ0n) is 5.06. The second kappa shape index (κ2) is 2.93. The molecule has 0 heterocycles. The van der Waals surface area contributed by atoms with E-state index in [-0.39, 0.29) is 0 Å². The number of nitrogens with two attached hydrogens (primary N) is 1. The van der Waals surface area contributed by atoms with Crippen molar-refractivity contribution >= 4 is 5.97 Å². The maximum atomic E-state index is 9.92. The lowest BCUT2D eigenvalue weighted by atomic mass is 10.2. The smallest absolute Gasteiger partial charge is 0.320 e. The Morgan fingerprint density at radius 1 is 1.50 bits per heavy atom. The van der Waals surface area contributed by atoms with Gasteiger partial charge in [-0.15, -0.1) is 0 Å². The van der Waals surface area contributed by atoms with Crippen molar-refractivity contribution < 1.29 is 25.2 Å². The van der Waals surface area contributed by atoms with Crippen LogP contribution >= 0.6 is 0 Å². The molecule has 0 radical (unpaired) electrons. The van der Waals surface area contributed by atoms with Gasteiger partial charge in [0.2, 0.25) is 0 Å². The van der Waals surface area contributed by atoms with Crippen LogP contribution in [0.5, 0.6) is 0 Å². The van der Waals surface area contributed by atoms with Gasteiger partial charge >= 0.3 is 5.97 Å².